The molecule has 0 aliphatic rings. The Morgan fingerprint density at radius 2 is 2.25 bits per heavy atom. The van der Waals surface area contributed by atoms with Gasteiger partial charge in [-0.15, -0.1) is 11.3 Å². The maximum absolute atomic E-state index is 6.00. The van der Waals surface area contributed by atoms with Crippen LogP contribution in [0.1, 0.15) is 10.6 Å². The fraction of sp³-hybridized carbons (Fsp3) is 0.0833. The Bertz CT molecular complexity index is 489. The molecule has 0 aliphatic carbocycles. The summed E-state index contributed by atoms with van der Waals surface area (Å²) in [4.78, 5) is 4.18. The van der Waals surface area contributed by atoms with Gasteiger partial charge in [0.2, 0.25) is 0 Å². The molecule has 0 fully saturated rings. The Labute approximate surface area is 98.6 Å². The molecule has 0 amide bonds. The second-order valence-corrected chi connectivity index (χ2v) is 4.19. The molecule has 0 unspecified atom stereocenters. The summed E-state index contributed by atoms with van der Waals surface area (Å²) in [5, 5.41) is 5.99. The van der Waals surface area contributed by atoms with E-state index in [1.807, 2.05) is 42.8 Å². The van der Waals surface area contributed by atoms with Crippen molar-refractivity contribution in [3.63, 3.8) is 0 Å². The number of thiazole rings is 1. The van der Waals surface area contributed by atoms with Crippen molar-refractivity contribution in [3.8, 4) is 0 Å². The van der Waals surface area contributed by atoms with E-state index >= 15 is 0 Å². The molecule has 0 bridgehead atoms. The number of nitrogens with one attached hydrogen (secondary N) is 1. The van der Waals surface area contributed by atoms with Gasteiger partial charge in [0.1, 0.15) is 5.01 Å². The minimum atomic E-state index is 0.762. The third-order valence-electron chi connectivity index (χ3n) is 2.27. The molecule has 0 spiro atoms. The van der Waals surface area contributed by atoms with Gasteiger partial charge in [0, 0.05) is 18.6 Å². The van der Waals surface area contributed by atoms with Crippen molar-refractivity contribution in [3.05, 3.63) is 40.3 Å². The summed E-state index contributed by atoms with van der Waals surface area (Å²) in [6.07, 6.45) is 5.74. The zero-order chi connectivity index (χ0) is 11.4. The summed E-state index contributed by atoms with van der Waals surface area (Å²) in [6, 6.07) is 5.92. The van der Waals surface area contributed by atoms with E-state index in [2.05, 4.69) is 10.3 Å². The summed E-state index contributed by atoms with van der Waals surface area (Å²) >= 11 is 1.60. The van der Waals surface area contributed by atoms with Crippen molar-refractivity contribution in [1.29, 1.82) is 0 Å². The molecule has 0 saturated heterocycles. The SMILES string of the molecule is CNc1cccc(/C=C/c2nccs2)c1N. The lowest BCUT2D eigenvalue weighted by Gasteiger charge is -2.06. The predicted octanol–water partition coefficient (Wildman–Crippen LogP) is 2.94. The van der Waals surface area contributed by atoms with Gasteiger partial charge in [-0.3, -0.25) is 0 Å². The molecule has 2 rings (SSSR count). The molecule has 0 saturated carbocycles. The molecule has 16 heavy (non-hydrogen) atoms. The number of nitrogen functional groups attached to an aromatic ring is 1. The molecule has 3 N–H and O–H groups in total. The van der Waals surface area contributed by atoms with E-state index in [9.17, 15) is 0 Å². The number of hydrogen-bond donors (Lipinski definition) is 2. The quantitative estimate of drug-likeness (QED) is 0.798. The number of rotatable bonds is 3. The first-order valence-corrected chi connectivity index (χ1v) is 5.83. The zero-order valence-corrected chi connectivity index (χ0v) is 9.79. The van der Waals surface area contributed by atoms with Crippen LogP contribution in [-0.2, 0) is 0 Å². The number of aromatic nitrogens is 1. The van der Waals surface area contributed by atoms with Crippen LogP contribution < -0.4 is 11.1 Å². The molecule has 1 heterocycles. The largest absolute Gasteiger partial charge is 0.397 e. The standard InChI is InChI=1S/C12H13N3S/c1-14-10-4-2-3-9(12(10)13)5-6-11-15-7-8-16-11/h2-8,14H,13H2,1H3/b6-5+. The highest BCUT2D eigenvalue weighted by molar-refractivity contribution is 7.10. The third kappa shape index (κ3) is 2.23. The first-order valence-electron chi connectivity index (χ1n) is 4.95. The van der Waals surface area contributed by atoms with Crippen LogP contribution >= 0.6 is 11.3 Å². The monoisotopic (exact) mass is 231 g/mol. The maximum Gasteiger partial charge on any atom is 0.116 e. The Kier molecular flexibility index (Phi) is 3.22. The van der Waals surface area contributed by atoms with Crippen molar-refractivity contribution >= 4 is 34.9 Å². The van der Waals surface area contributed by atoms with Crippen LogP contribution in [0.15, 0.2) is 29.8 Å². The van der Waals surface area contributed by atoms with Gasteiger partial charge in [-0.1, -0.05) is 12.1 Å². The second-order valence-electron chi connectivity index (χ2n) is 3.26. The lowest BCUT2D eigenvalue weighted by molar-refractivity contribution is 1.40. The summed E-state index contributed by atoms with van der Waals surface area (Å²) in [6.45, 7) is 0. The van der Waals surface area contributed by atoms with Crippen LogP contribution in [0.4, 0.5) is 11.4 Å². The lowest BCUT2D eigenvalue weighted by Crippen LogP contribution is -1.97. The van der Waals surface area contributed by atoms with Gasteiger partial charge in [-0.25, -0.2) is 4.98 Å². The van der Waals surface area contributed by atoms with E-state index in [1.165, 1.54) is 0 Å². The summed E-state index contributed by atoms with van der Waals surface area (Å²) in [5.74, 6) is 0. The molecule has 0 atom stereocenters. The van der Waals surface area contributed by atoms with Gasteiger partial charge in [-0.2, -0.15) is 0 Å². The second kappa shape index (κ2) is 4.81. The maximum atomic E-state index is 6.00. The number of nitrogens with two attached hydrogens (primary N) is 1. The van der Waals surface area contributed by atoms with Crippen LogP contribution in [0.3, 0.4) is 0 Å². The lowest BCUT2D eigenvalue weighted by atomic mass is 10.1. The van der Waals surface area contributed by atoms with Crippen LogP contribution in [0, 0.1) is 0 Å². The normalized spacial score (nSPS) is 10.8. The summed E-state index contributed by atoms with van der Waals surface area (Å²) < 4.78 is 0. The first-order chi connectivity index (χ1) is 7.81. The van der Waals surface area contributed by atoms with Crippen LogP contribution in [0.2, 0.25) is 0 Å². The van der Waals surface area contributed by atoms with Gasteiger partial charge in [0.15, 0.2) is 0 Å². The van der Waals surface area contributed by atoms with E-state index < -0.39 is 0 Å². The number of benzene rings is 1. The molecular weight excluding hydrogens is 218 g/mol. The topological polar surface area (TPSA) is 50.9 Å². The average molecular weight is 231 g/mol. The van der Waals surface area contributed by atoms with Gasteiger partial charge in [0.25, 0.3) is 0 Å². The predicted molar refractivity (Wildman–Crippen MR) is 71.4 cm³/mol. The molecule has 0 aliphatic heterocycles. The smallest absolute Gasteiger partial charge is 0.116 e. The number of anilines is 2. The minimum absolute atomic E-state index is 0.762. The third-order valence-corrected chi connectivity index (χ3v) is 3.01. The molecule has 1 aromatic heterocycles. The van der Waals surface area contributed by atoms with Crippen LogP contribution in [0.25, 0.3) is 12.2 Å². The Morgan fingerprint density at radius 1 is 1.38 bits per heavy atom. The van der Waals surface area contributed by atoms with E-state index in [-0.39, 0.29) is 0 Å². The summed E-state index contributed by atoms with van der Waals surface area (Å²) in [5.41, 5.74) is 8.71. The van der Waals surface area contributed by atoms with Crippen LogP contribution in [-0.4, -0.2) is 12.0 Å². The Balaban J connectivity index is 2.28. The minimum Gasteiger partial charge on any atom is -0.397 e. The molecule has 0 radical (unpaired) electrons. The summed E-state index contributed by atoms with van der Waals surface area (Å²) in [7, 11) is 1.86. The van der Waals surface area contributed by atoms with E-state index in [1.54, 1.807) is 17.5 Å². The number of para-hydroxylation sites is 1. The first kappa shape index (κ1) is 10.7. The van der Waals surface area contributed by atoms with Gasteiger partial charge >= 0.3 is 0 Å². The Morgan fingerprint density at radius 3 is 2.94 bits per heavy atom. The van der Waals surface area contributed by atoms with Crippen molar-refractivity contribution in [2.45, 2.75) is 0 Å². The molecular formula is C12H13N3S. The molecule has 82 valence electrons. The molecule has 1 aromatic carbocycles. The fourth-order valence-corrected chi connectivity index (χ4v) is 1.95. The van der Waals surface area contributed by atoms with E-state index in [0.717, 1.165) is 21.9 Å². The Hall–Kier alpha value is -1.81. The van der Waals surface area contributed by atoms with E-state index in [0.29, 0.717) is 0 Å². The zero-order valence-electron chi connectivity index (χ0n) is 8.97. The van der Waals surface area contributed by atoms with E-state index in [4.69, 9.17) is 5.73 Å². The average Bonchev–Trinajstić information content (AvgIpc) is 2.81. The van der Waals surface area contributed by atoms with Gasteiger partial charge < -0.3 is 11.1 Å². The van der Waals surface area contributed by atoms with Gasteiger partial charge in [0.05, 0.1) is 11.4 Å². The number of nitrogens with zero attached hydrogens (tertiary/aromatic N) is 1. The van der Waals surface area contributed by atoms with Gasteiger partial charge in [-0.05, 0) is 23.8 Å². The highest BCUT2D eigenvalue weighted by Gasteiger charge is 2.00. The highest BCUT2D eigenvalue weighted by Crippen LogP contribution is 2.24. The molecule has 4 heteroatoms. The van der Waals surface area contributed by atoms with Crippen molar-refractivity contribution in [2.75, 3.05) is 18.1 Å². The van der Waals surface area contributed by atoms with Crippen molar-refractivity contribution in [1.82, 2.24) is 4.98 Å². The number of hydrogen-bond acceptors (Lipinski definition) is 4. The van der Waals surface area contributed by atoms with Crippen LogP contribution in [0.5, 0.6) is 0 Å². The molecule has 3 nitrogen and oxygen atoms in total. The molecule has 2 aromatic rings. The highest BCUT2D eigenvalue weighted by atomic mass is 32.1. The van der Waals surface area contributed by atoms with Crippen molar-refractivity contribution in [2.24, 2.45) is 0 Å². The fourth-order valence-electron chi connectivity index (χ4n) is 1.42. The van der Waals surface area contributed by atoms with Crippen molar-refractivity contribution < 1.29 is 0 Å².